The molecule has 0 atom stereocenters. The van der Waals surface area contributed by atoms with Gasteiger partial charge in [0.2, 0.25) is 5.91 Å². The molecule has 8 nitrogen and oxygen atoms in total. The van der Waals surface area contributed by atoms with E-state index in [4.69, 9.17) is 4.74 Å². The van der Waals surface area contributed by atoms with Crippen LogP contribution in [-0.4, -0.2) is 34.6 Å². The van der Waals surface area contributed by atoms with Crippen molar-refractivity contribution in [1.29, 1.82) is 0 Å². The van der Waals surface area contributed by atoms with E-state index in [0.29, 0.717) is 23.1 Å². The number of anilines is 5. The molecule has 3 aromatic rings. The molecule has 0 saturated carbocycles. The third-order valence-electron chi connectivity index (χ3n) is 3.30. The quantitative estimate of drug-likeness (QED) is 0.602. The molecule has 0 aliphatic rings. The number of pyridine rings is 1. The first-order valence-electron chi connectivity index (χ1n) is 7.89. The summed E-state index contributed by atoms with van der Waals surface area (Å²) in [6, 6.07) is 14.7. The Morgan fingerprint density at radius 1 is 0.923 bits per heavy atom. The maximum Gasteiger partial charge on any atom is 0.250 e. The smallest absolute Gasteiger partial charge is 0.250 e. The maximum atomic E-state index is 11.5. The molecule has 0 fully saturated rings. The van der Waals surface area contributed by atoms with Gasteiger partial charge >= 0.3 is 0 Å². The van der Waals surface area contributed by atoms with Crippen molar-refractivity contribution in [1.82, 2.24) is 15.0 Å². The molecule has 0 bridgehead atoms. The van der Waals surface area contributed by atoms with Crippen molar-refractivity contribution < 1.29 is 9.53 Å². The number of carbonyl (C=O) groups excluding carboxylic acids is 1. The monoisotopic (exact) mass is 350 g/mol. The highest BCUT2D eigenvalue weighted by Gasteiger charge is 2.03. The van der Waals surface area contributed by atoms with E-state index in [-0.39, 0.29) is 12.5 Å². The number of aromatic nitrogens is 3. The lowest BCUT2D eigenvalue weighted by Gasteiger charge is -2.09. The van der Waals surface area contributed by atoms with Crippen molar-refractivity contribution in [2.24, 2.45) is 0 Å². The van der Waals surface area contributed by atoms with E-state index in [1.54, 1.807) is 24.4 Å². The fourth-order valence-corrected chi connectivity index (χ4v) is 2.17. The number of rotatable bonds is 7. The summed E-state index contributed by atoms with van der Waals surface area (Å²) < 4.78 is 4.78. The van der Waals surface area contributed by atoms with Gasteiger partial charge in [-0.15, -0.1) is 0 Å². The van der Waals surface area contributed by atoms with E-state index < -0.39 is 0 Å². The molecule has 0 saturated heterocycles. The molecule has 0 aliphatic carbocycles. The van der Waals surface area contributed by atoms with E-state index in [1.807, 2.05) is 30.3 Å². The molecule has 3 rings (SSSR count). The Morgan fingerprint density at radius 3 is 2.35 bits per heavy atom. The number of nitrogens with zero attached hydrogens (tertiary/aromatic N) is 3. The van der Waals surface area contributed by atoms with Gasteiger partial charge in [-0.25, -0.2) is 15.0 Å². The number of nitrogens with one attached hydrogen (secondary N) is 3. The molecule has 0 radical (unpaired) electrons. The van der Waals surface area contributed by atoms with Crippen LogP contribution in [-0.2, 0) is 9.53 Å². The topological polar surface area (TPSA) is 101 Å². The largest absolute Gasteiger partial charge is 0.375 e. The van der Waals surface area contributed by atoms with Gasteiger partial charge in [-0.2, -0.15) is 0 Å². The Morgan fingerprint density at radius 2 is 1.65 bits per heavy atom. The first-order valence-corrected chi connectivity index (χ1v) is 7.89. The molecule has 8 heteroatoms. The predicted octanol–water partition coefficient (Wildman–Crippen LogP) is 2.94. The minimum atomic E-state index is -0.200. The molecule has 132 valence electrons. The van der Waals surface area contributed by atoms with Gasteiger partial charge in [0.15, 0.2) is 0 Å². The molecular weight excluding hydrogens is 332 g/mol. The fourth-order valence-electron chi connectivity index (χ4n) is 2.17. The summed E-state index contributed by atoms with van der Waals surface area (Å²) in [5.74, 6) is 1.77. The van der Waals surface area contributed by atoms with Gasteiger partial charge in [-0.1, -0.05) is 6.07 Å². The average Bonchev–Trinajstić information content (AvgIpc) is 2.65. The Kier molecular flexibility index (Phi) is 5.69. The van der Waals surface area contributed by atoms with Crippen molar-refractivity contribution in [2.45, 2.75) is 0 Å². The molecule has 0 spiro atoms. The van der Waals surface area contributed by atoms with E-state index in [0.717, 1.165) is 5.69 Å². The molecule has 3 N–H and O–H groups in total. The van der Waals surface area contributed by atoms with Gasteiger partial charge < -0.3 is 20.7 Å². The first kappa shape index (κ1) is 17.3. The van der Waals surface area contributed by atoms with Gasteiger partial charge in [0.05, 0.1) is 0 Å². The highest BCUT2D eigenvalue weighted by molar-refractivity contribution is 5.91. The number of methoxy groups -OCH3 is 1. The Bertz CT molecular complexity index is 855. The second-order valence-electron chi connectivity index (χ2n) is 5.31. The highest BCUT2D eigenvalue weighted by atomic mass is 16.5. The van der Waals surface area contributed by atoms with Crippen LogP contribution >= 0.6 is 0 Å². The van der Waals surface area contributed by atoms with E-state index in [1.165, 1.54) is 13.4 Å². The lowest BCUT2D eigenvalue weighted by atomic mass is 10.2. The number of amides is 1. The van der Waals surface area contributed by atoms with E-state index >= 15 is 0 Å². The van der Waals surface area contributed by atoms with Crippen LogP contribution in [0.4, 0.5) is 28.8 Å². The second-order valence-corrected chi connectivity index (χ2v) is 5.31. The second kappa shape index (κ2) is 8.54. The third kappa shape index (κ3) is 4.99. The average molecular weight is 350 g/mol. The summed E-state index contributed by atoms with van der Waals surface area (Å²) >= 11 is 0. The summed E-state index contributed by atoms with van der Waals surface area (Å²) in [6.07, 6.45) is 3.17. The standard InChI is InChI=1S/C18H18N6O2/c1-26-11-18(25)23-14-7-5-13(6-8-14)22-16-10-17(21-12-20-16)24-15-4-2-3-9-19-15/h2-10,12H,11H2,1H3,(H,23,25)(H2,19,20,21,22,24). The van der Waals surface area contributed by atoms with Crippen LogP contribution in [0.1, 0.15) is 0 Å². The van der Waals surface area contributed by atoms with Gasteiger partial charge in [-0.05, 0) is 36.4 Å². The van der Waals surface area contributed by atoms with Crippen LogP contribution in [0.3, 0.4) is 0 Å². The number of hydrogen-bond donors (Lipinski definition) is 3. The molecule has 0 unspecified atom stereocenters. The zero-order valence-electron chi connectivity index (χ0n) is 14.1. The van der Waals surface area contributed by atoms with Crippen molar-refractivity contribution in [3.8, 4) is 0 Å². The molecule has 2 heterocycles. The minimum absolute atomic E-state index is 0.0208. The molecule has 2 aromatic heterocycles. The van der Waals surface area contributed by atoms with Crippen LogP contribution in [0, 0.1) is 0 Å². The zero-order chi connectivity index (χ0) is 18.2. The van der Waals surface area contributed by atoms with Crippen LogP contribution in [0.5, 0.6) is 0 Å². The third-order valence-corrected chi connectivity index (χ3v) is 3.30. The Balaban J connectivity index is 1.63. The summed E-state index contributed by atoms with van der Waals surface area (Å²) in [5.41, 5.74) is 1.52. The van der Waals surface area contributed by atoms with Crippen molar-refractivity contribution >= 4 is 34.7 Å². The van der Waals surface area contributed by atoms with E-state index in [2.05, 4.69) is 30.9 Å². The summed E-state index contributed by atoms with van der Waals surface area (Å²) in [5, 5.41) is 9.03. The van der Waals surface area contributed by atoms with Crippen LogP contribution in [0.15, 0.2) is 61.1 Å². The SMILES string of the molecule is COCC(=O)Nc1ccc(Nc2cc(Nc3ccccn3)ncn2)cc1. The molecule has 1 amide bonds. The lowest BCUT2D eigenvalue weighted by Crippen LogP contribution is -2.16. The van der Waals surface area contributed by atoms with Gasteiger partial charge in [0.25, 0.3) is 0 Å². The number of benzene rings is 1. The first-order chi connectivity index (χ1) is 12.7. The number of ether oxygens (including phenoxy) is 1. The van der Waals surface area contributed by atoms with E-state index in [9.17, 15) is 4.79 Å². The number of hydrogen-bond acceptors (Lipinski definition) is 7. The lowest BCUT2D eigenvalue weighted by molar-refractivity contribution is -0.119. The molecule has 26 heavy (non-hydrogen) atoms. The fraction of sp³-hybridized carbons (Fsp3) is 0.111. The minimum Gasteiger partial charge on any atom is -0.375 e. The van der Waals surface area contributed by atoms with Crippen LogP contribution in [0.25, 0.3) is 0 Å². The summed E-state index contributed by atoms with van der Waals surface area (Å²) in [7, 11) is 1.48. The molecule has 0 aliphatic heterocycles. The summed E-state index contributed by atoms with van der Waals surface area (Å²) in [6.45, 7) is 0.0208. The predicted molar refractivity (Wildman–Crippen MR) is 99.8 cm³/mol. The van der Waals surface area contributed by atoms with Gasteiger partial charge in [-0.3, -0.25) is 4.79 Å². The zero-order valence-corrected chi connectivity index (χ0v) is 14.1. The van der Waals surface area contributed by atoms with Crippen LogP contribution in [0.2, 0.25) is 0 Å². The maximum absolute atomic E-state index is 11.5. The van der Waals surface area contributed by atoms with Crippen LogP contribution < -0.4 is 16.0 Å². The molecule has 1 aromatic carbocycles. The summed E-state index contributed by atoms with van der Waals surface area (Å²) in [4.78, 5) is 24.1. The Hall–Kier alpha value is -3.52. The number of carbonyl (C=O) groups is 1. The van der Waals surface area contributed by atoms with Crippen molar-refractivity contribution in [3.05, 3.63) is 61.1 Å². The van der Waals surface area contributed by atoms with Gasteiger partial charge in [0, 0.05) is 30.7 Å². The highest BCUT2D eigenvalue weighted by Crippen LogP contribution is 2.20. The van der Waals surface area contributed by atoms with Gasteiger partial charge in [0.1, 0.15) is 30.4 Å². The Labute approximate surface area is 150 Å². The van der Waals surface area contributed by atoms with Crippen molar-refractivity contribution in [3.63, 3.8) is 0 Å². The molecular formula is C18H18N6O2. The van der Waals surface area contributed by atoms with Crippen molar-refractivity contribution in [2.75, 3.05) is 29.7 Å². The normalized spacial score (nSPS) is 10.2.